The fourth-order valence-electron chi connectivity index (χ4n) is 0.861. The number of allylic oxidation sites excluding steroid dienone is 4. The largest absolute Gasteiger partial charge is 0.396 e. The predicted molar refractivity (Wildman–Crippen MR) is 68.8 cm³/mol. The van der Waals surface area contributed by atoms with E-state index in [-0.39, 0.29) is 0 Å². The van der Waals surface area contributed by atoms with E-state index >= 15 is 0 Å². The van der Waals surface area contributed by atoms with Crippen molar-refractivity contribution in [3.8, 4) is 0 Å². The van der Waals surface area contributed by atoms with E-state index in [1.165, 1.54) is 0 Å². The van der Waals surface area contributed by atoms with Crippen molar-refractivity contribution in [2.24, 2.45) is 11.6 Å². The van der Waals surface area contributed by atoms with Gasteiger partial charge in [0, 0.05) is 6.20 Å². The van der Waals surface area contributed by atoms with Crippen LogP contribution >= 0.6 is 0 Å². The van der Waals surface area contributed by atoms with Crippen molar-refractivity contribution in [3.05, 3.63) is 35.8 Å². The summed E-state index contributed by atoms with van der Waals surface area (Å²) in [5, 5.41) is 1.08. The summed E-state index contributed by atoms with van der Waals surface area (Å²) in [5.41, 5.74) is 5.13. The lowest BCUT2D eigenvalue weighted by Crippen LogP contribution is -2.26. The zero-order chi connectivity index (χ0) is 13.8. The minimum atomic E-state index is -2.69. The van der Waals surface area contributed by atoms with Crippen molar-refractivity contribution >= 4 is 0 Å². The second-order valence-corrected chi connectivity index (χ2v) is 2.86. The normalized spacial score (nSPS) is 12.7. The molecule has 0 unspecified atom stereocenters. The Bertz CT molecular complexity index is 271. The number of alkyl halides is 2. The monoisotopic (exact) mass is 247 g/mol. The van der Waals surface area contributed by atoms with Crippen LogP contribution in [-0.2, 0) is 0 Å². The maximum Gasteiger partial charge on any atom is 0.279 e. The predicted octanol–water partition coefficient (Wildman–Crippen LogP) is 3.12. The topological polar surface area (TPSA) is 55.3 Å². The molecule has 0 atom stereocenters. The molecule has 0 fully saturated rings. The van der Waals surface area contributed by atoms with E-state index in [0.29, 0.717) is 5.70 Å². The Labute approximate surface area is 102 Å². The highest BCUT2D eigenvalue weighted by Crippen LogP contribution is 2.07. The third-order valence-corrected chi connectivity index (χ3v) is 1.66. The summed E-state index contributed by atoms with van der Waals surface area (Å²) in [6.07, 6.45) is 4.50. The molecule has 0 aliphatic carbocycles. The summed E-state index contributed by atoms with van der Waals surface area (Å²) < 4.78 is 24.2. The van der Waals surface area contributed by atoms with Gasteiger partial charge < -0.3 is 5.73 Å². The lowest BCUT2D eigenvalue weighted by molar-refractivity contribution is 0.185. The summed E-state index contributed by atoms with van der Waals surface area (Å²) in [6.45, 7) is 7.73. The maximum atomic E-state index is 12.1. The first-order valence-electron chi connectivity index (χ1n) is 5.65. The van der Waals surface area contributed by atoms with Gasteiger partial charge >= 0.3 is 0 Å². The zero-order valence-corrected chi connectivity index (χ0v) is 11.0. The van der Waals surface area contributed by atoms with Gasteiger partial charge in [-0.1, -0.05) is 32.9 Å². The van der Waals surface area contributed by atoms with E-state index in [2.05, 4.69) is 0 Å². The highest BCUT2D eigenvalue weighted by atomic mass is 19.3. The van der Waals surface area contributed by atoms with Crippen molar-refractivity contribution in [2.75, 3.05) is 0 Å². The van der Waals surface area contributed by atoms with Gasteiger partial charge in [0.05, 0.1) is 11.4 Å². The smallest absolute Gasteiger partial charge is 0.279 e. The molecule has 0 amide bonds. The molecule has 0 aromatic carbocycles. The van der Waals surface area contributed by atoms with Crippen molar-refractivity contribution < 1.29 is 8.78 Å². The van der Waals surface area contributed by atoms with E-state index in [9.17, 15) is 8.78 Å². The molecule has 100 valence electrons. The molecule has 0 aliphatic heterocycles. The molecule has 0 aromatic rings. The molecule has 0 aromatic heterocycles. The van der Waals surface area contributed by atoms with E-state index in [0.717, 1.165) is 17.6 Å². The van der Waals surface area contributed by atoms with Crippen LogP contribution in [0.15, 0.2) is 35.8 Å². The summed E-state index contributed by atoms with van der Waals surface area (Å²) in [7, 11) is 0. The van der Waals surface area contributed by atoms with Crippen LogP contribution in [0.5, 0.6) is 0 Å². The highest BCUT2D eigenvalue weighted by Gasteiger charge is 2.07. The first-order chi connectivity index (χ1) is 8.02. The Kier molecular flexibility index (Phi) is 11.8. The van der Waals surface area contributed by atoms with Gasteiger partial charge in [-0.25, -0.2) is 14.6 Å². The van der Waals surface area contributed by atoms with Crippen LogP contribution in [-0.4, -0.2) is 11.4 Å². The Morgan fingerprint density at radius 2 is 1.88 bits per heavy atom. The fraction of sp³-hybridized carbons (Fsp3) is 0.500. The first-order valence-corrected chi connectivity index (χ1v) is 5.65. The van der Waals surface area contributed by atoms with Gasteiger partial charge in [0.25, 0.3) is 6.43 Å². The third-order valence-electron chi connectivity index (χ3n) is 1.66. The minimum Gasteiger partial charge on any atom is -0.396 e. The molecule has 17 heavy (non-hydrogen) atoms. The summed E-state index contributed by atoms with van der Waals surface area (Å²) in [5.74, 6) is 5.53. The third kappa shape index (κ3) is 8.45. The summed E-state index contributed by atoms with van der Waals surface area (Å²) >= 11 is 0. The van der Waals surface area contributed by atoms with E-state index in [1.54, 1.807) is 19.1 Å². The van der Waals surface area contributed by atoms with Crippen LogP contribution in [0, 0.1) is 0 Å². The van der Waals surface area contributed by atoms with Crippen LogP contribution in [0.4, 0.5) is 8.78 Å². The molecule has 0 rings (SSSR count). The molecule has 0 bridgehead atoms. The molecule has 0 spiro atoms. The fourth-order valence-corrected chi connectivity index (χ4v) is 0.861. The average Bonchev–Trinajstić information content (AvgIpc) is 2.32. The van der Waals surface area contributed by atoms with Crippen LogP contribution < -0.4 is 11.6 Å². The molecule has 0 aliphatic rings. The SMILES string of the molecule is C/C=C(\C=C/CC)N(N)/C=C(\N)C(F)F.CC. The Morgan fingerprint density at radius 1 is 1.35 bits per heavy atom. The molecular weight excluding hydrogens is 224 g/mol. The van der Waals surface area contributed by atoms with Crippen LogP contribution in [0.1, 0.15) is 34.1 Å². The lowest BCUT2D eigenvalue weighted by atomic mass is 10.3. The second-order valence-electron chi connectivity index (χ2n) is 2.86. The highest BCUT2D eigenvalue weighted by molar-refractivity contribution is 5.19. The Hall–Kier alpha value is -1.36. The van der Waals surface area contributed by atoms with Gasteiger partial charge in [0.1, 0.15) is 0 Å². The molecule has 0 saturated heterocycles. The molecule has 3 nitrogen and oxygen atoms in total. The molecule has 5 heteroatoms. The number of hydrazine groups is 1. The van der Waals surface area contributed by atoms with E-state index in [1.807, 2.05) is 26.8 Å². The van der Waals surface area contributed by atoms with Crippen molar-refractivity contribution in [1.29, 1.82) is 0 Å². The molecule has 0 heterocycles. The van der Waals surface area contributed by atoms with Gasteiger partial charge in [0.15, 0.2) is 0 Å². The van der Waals surface area contributed by atoms with Crippen LogP contribution in [0.3, 0.4) is 0 Å². The van der Waals surface area contributed by atoms with Crippen molar-refractivity contribution in [3.63, 3.8) is 0 Å². The van der Waals surface area contributed by atoms with E-state index < -0.39 is 12.1 Å². The van der Waals surface area contributed by atoms with Gasteiger partial charge in [-0.2, -0.15) is 0 Å². The number of hydrogen-bond acceptors (Lipinski definition) is 3. The van der Waals surface area contributed by atoms with Crippen molar-refractivity contribution in [2.45, 2.75) is 40.5 Å². The van der Waals surface area contributed by atoms with Gasteiger partial charge in [-0.05, 0) is 19.4 Å². The molecule has 0 radical (unpaired) electrons. The quantitative estimate of drug-likeness (QED) is 0.446. The maximum absolute atomic E-state index is 12.1. The zero-order valence-electron chi connectivity index (χ0n) is 11.0. The van der Waals surface area contributed by atoms with Crippen molar-refractivity contribution in [1.82, 2.24) is 5.01 Å². The summed E-state index contributed by atoms with van der Waals surface area (Å²) in [4.78, 5) is 0. The molecular formula is C12H23F2N3. The number of rotatable bonds is 5. The minimum absolute atomic E-state index is 0.554. The Morgan fingerprint density at radius 3 is 2.24 bits per heavy atom. The van der Waals surface area contributed by atoms with Crippen LogP contribution in [0.2, 0.25) is 0 Å². The van der Waals surface area contributed by atoms with Crippen LogP contribution in [0.25, 0.3) is 0 Å². The van der Waals surface area contributed by atoms with Gasteiger partial charge in [0.2, 0.25) is 0 Å². The number of nitrogens with two attached hydrogens (primary N) is 2. The number of halogens is 2. The standard InChI is InChI=1S/C10H17F2N3.C2H6/c1-3-5-6-8(4-2)15(14)7-9(13)10(11)12;1-2/h4-7,10H,3,13-14H2,1-2H3;1-2H3/b6-5-,8-4+,9-7-;. The molecule has 0 saturated carbocycles. The second kappa shape index (κ2) is 11.1. The Balaban J connectivity index is 0. The lowest BCUT2D eigenvalue weighted by Gasteiger charge is -2.15. The van der Waals surface area contributed by atoms with Gasteiger partial charge in [-0.3, -0.25) is 5.01 Å². The van der Waals surface area contributed by atoms with E-state index in [4.69, 9.17) is 11.6 Å². The number of hydrogen-bond donors (Lipinski definition) is 2. The first kappa shape index (κ1) is 18.0. The number of nitrogens with zero attached hydrogens (tertiary/aromatic N) is 1. The average molecular weight is 247 g/mol. The molecule has 4 N–H and O–H groups in total. The van der Waals surface area contributed by atoms with Gasteiger partial charge in [-0.15, -0.1) is 0 Å². The summed E-state index contributed by atoms with van der Waals surface area (Å²) in [6, 6.07) is 0.